The van der Waals surface area contributed by atoms with E-state index in [0.717, 1.165) is 32.1 Å². The molecule has 0 aromatic rings. The van der Waals surface area contributed by atoms with Gasteiger partial charge in [-0.15, -0.1) is 0 Å². The minimum absolute atomic E-state index is 0.00766. The van der Waals surface area contributed by atoms with Crippen molar-refractivity contribution in [3.8, 4) is 0 Å². The van der Waals surface area contributed by atoms with Crippen molar-refractivity contribution in [3.63, 3.8) is 0 Å². The van der Waals surface area contributed by atoms with Gasteiger partial charge in [-0.3, -0.25) is 9.59 Å². The third-order valence-electron chi connectivity index (χ3n) is 4.13. The normalized spacial score (nSPS) is 31.1. The van der Waals surface area contributed by atoms with Crippen LogP contribution in [0.15, 0.2) is 0 Å². The number of rotatable bonds is 5. The van der Waals surface area contributed by atoms with Crippen molar-refractivity contribution in [2.75, 3.05) is 6.54 Å². The van der Waals surface area contributed by atoms with Crippen LogP contribution in [0.25, 0.3) is 0 Å². The maximum absolute atomic E-state index is 12.1. The molecule has 18 heavy (non-hydrogen) atoms. The highest BCUT2D eigenvalue weighted by atomic mass is 16.2. The Morgan fingerprint density at radius 3 is 2.61 bits per heavy atom. The highest BCUT2D eigenvalue weighted by molar-refractivity contribution is 5.84. The van der Waals surface area contributed by atoms with Gasteiger partial charge in [-0.1, -0.05) is 6.42 Å². The number of nitrogens with two attached hydrogens (primary N) is 1. The molecule has 0 spiro atoms. The lowest BCUT2D eigenvalue weighted by Crippen LogP contribution is -2.48. The molecule has 2 fully saturated rings. The average molecular weight is 253 g/mol. The van der Waals surface area contributed by atoms with Crippen molar-refractivity contribution in [2.45, 2.75) is 57.5 Å². The van der Waals surface area contributed by atoms with Crippen molar-refractivity contribution in [2.24, 2.45) is 11.1 Å². The minimum Gasteiger partial charge on any atom is -0.355 e. The van der Waals surface area contributed by atoms with Gasteiger partial charge in [0.1, 0.15) is 0 Å². The fourth-order valence-electron chi connectivity index (χ4n) is 2.49. The minimum atomic E-state index is -0.451. The standard InChI is InChI=1S/C13H23N3O2/c1-13(7-2-3-10(13)14)12(18)15-8-6-11(17)16-9-4-5-9/h9-10H,2-8,14H2,1H3,(H,15,18)(H,16,17). The van der Waals surface area contributed by atoms with Gasteiger partial charge in [-0.25, -0.2) is 0 Å². The largest absolute Gasteiger partial charge is 0.355 e. The molecule has 2 atom stereocenters. The number of amides is 2. The van der Waals surface area contributed by atoms with Gasteiger partial charge < -0.3 is 16.4 Å². The highest BCUT2D eigenvalue weighted by Crippen LogP contribution is 2.36. The molecule has 2 amide bonds. The van der Waals surface area contributed by atoms with Gasteiger partial charge in [0.2, 0.25) is 11.8 Å². The van der Waals surface area contributed by atoms with Crippen LogP contribution in [0.4, 0.5) is 0 Å². The molecule has 0 aromatic heterocycles. The number of nitrogens with one attached hydrogen (secondary N) is 2. The Kier molecular flexibility index (Phi) is 3.90. The maximum Gasteiger partial charge on any atom is 0.227 e. The Balaban J connectivity index is 1.69. The van der Waals surface area contributed by atoms with Crippen molar-refractivity contribution in [1.82, 2.24) is 10.6 Å². The van der Waals surface area contributed by atoms with Gasteiger partial charge >= 0.3 is 0 Å². The van der Waals surface area contributed by atoms with E-state index < -0.39 is 5.41 Å². The topological polar surface area (TPSA) is 84.2 Å². The van der Waals surface area contributed by atoms with Crippen LogP contribution < -0.4 is 16.4 Å². The summed E-state index contributed by atoms with van der Waals surface area (Å²) in [5.74, 6) is 0.0189. The van der Waals surface area contributed by atoms with E-state index in [1.807, 2.05) is 6.92 Å². The fourth-order valence-corrected chi connectivity index (χ4v) is 2.49. The number of carbonyl (C=O) groups excluding carboxylic acids is 2. The Labute approximate surface area is 108 Å². The Bertz CT molecular complexity index is 341. The van der Waals surface area contributed by atoms with Crippen molar-refractivity contribution >= 4 is 11.8 Å². The summed E-state index contributed by atoms with van der Waals surface area (Å²) in [7, 11) is 0. The number of hydrogen-bond donors (Lipinski definition) is 3. The molecule has 2 saturated carbocycles. The van der Waals surface area contributed by atoms with Crippen LogP contribution in [0.5, 0.6) is 0 Å². The molecule has 0 aromatic carbocycles. The average Bonchev–Trinajstić information content (AvgIpc) is 3.05. The number of hydrogen-bond acceptors (Lipinski definition) is 3. The molecule has 2 unspecified atom stereocenters. The van der Waals surface area contributed by atoms with Crippen LogP contribution in [-0.2, 0) is 9.59 Å². The lowest BCUT2D eigenvalue weighted by Gasteiger charge is -2.27. The van der Waals surface area contributed by atoms with Crippen LogP contribution >= 0.6 is 0 Å². The first kappa shape index (κ1) is 13.3. The molecular weight excluding hydrogens is 230 g/mol. The van der Waals surface area contributed by atoms with E-state index in [9.17, 15) is 9.59 Å². The third-order valence-corrected chi connectivity index (χ3v) is 4.13. The Morgan fingerprint density at radius 1 is 1.33 bits per heavy atom. The van der Waals surface area contributed by atoms with Crippen molar-refractivity contribution in [3.05, 3.63) is 0 Å². The van der Waals surface area contributed by atoms with E-state index in [4.69, 9.17) is 5.73 Å². The first-order chi connectivity index (χ1) is 8.52. The summed E-state index contributed by atoms with van der Waals surface area (Å²) in [5.41, 5.74) is 5.53. The van der Waals surface area contributed by atoms with E-state index in [1.54, 1.807) is 0 Å². The van der Waals surface area contributed by atoms with E-state index in [2.05, 4.69) is 10.6 Å². The Hall–Kier alpha value is -1.10. The summed E-state index contributed by atoms with van der Waals surface area (Å²) in [6.07, 6.45) is 5.29. The molecule has 102 valence electrons. The lowest BCUT2D eigenvalue weighted by molar-refractivity contribution is -0.130. The molecule has 0 heterocycles. The smallest absolute Gasteiger partial charge is 0.227 e. The van der Waals surface area contributed by atoms with Gasteiger partial charge in [0, 0.05) is 25.0 Å². The lowest BCUT2D eigenvalue weighted by atomic mass is 9.84. The van der Waals surface area contributed by atoms with Crippen LogP contribution in [-0.4, -0.2) is 30.4 Å². The SMILES string of the molecule is CC1(C(=O)NCCC(=O)NC2CC2)CCCC1N. The highest BCUT2D eigenvalue weighted by Gasteiger charge is 2.42. The second-order valence-electron chi connectivity index (χ2n) is 5.76. The molecule has 5 nitrogen and oxygen atoms in total. The first-order valence-electron chi connectivity index (χ1n) is 6.85. The molecule has 5 heteroatoms. The molecule has 4 N–H and O–H groups in total. The molecule has 0 saturated heterocycles. The first-order valence-corrected chi connectivity index (χ1v) is 6.85. The summed E-state index contributed by atoms with van der Waals surface area (Å²) in [5, 5.41) is 5.74. The summed E-state index contributed by atoms with van der Waals surface area (Å²) in [6.45, 7) is 2.32. The quantitative estimate of drug-likeness (QED) is 0.658. The zero-order chi connectivity index (χ0) is 13.2. The molecule has 2 aliphatic carbocycles. The number of carbonyl (C=O) groups is 2. The predicted molar refractivity (Wildman–Crippen MR) is 68.7 cm³/mol. The van der Waals surface area contributed by atoms with Gasteiger partial charge in [-0.05, 0) is 32.6 Å². The van der Waals surface area contributed by atoms with Gasteiger partial charge in [0.25, 0.3) is 0 Å². The predicted octanol–water partition coefficient (Wildman–Crippen LogP) is 0.289. The van der Waals surface area contributed by atoms with Gasteiger partial charge in [-0.2, -0.15) is 0 Å². The molecule has 2 aliphatic rings. The molecule has 2 rings (SSSR count). The van der Waals surface area contributed by atoms with Gasteiger partial charge in [0.05, 0.1) is 5.41 Å². The van der Waals surface area contributed by atoms with Crippen LogP contribution in [0.2, 0.25) is 0 Å². The second-order valence-corrected chi connectivity index (χ2v) is 5.76. The van der Waals surface area contributed by atoms with Crippen molar-refractivity contribution in [1.29, 1.82) is 0 Å². The molecule has 0 aliphatic heterocycles. The maximum atomic E-state index is 12.1. The summed E-state index contributed by atoms with van der Waals surface area (Å²) >= 11 is 0. The molecular formula is C13H23N3O2. The monoisotopic (exact) mass is 253 g/mol. The third kappa shape index (κ3) is 3.02. The molecule has 0 bridgehead atoms. The molecule has 0 radical (unpaired) electrons. The second kappa shape index (κ2) is 5.26. The zero-order valence-corrected chi connectivity index (χ0v) is 11.0. The Morgan fingerprint density at radius 2 is 2.06 bits per heavy atom. The van der Waals surface area contributed by atoms with Crippen LogP contribution in [0.1, 0.15) is 45.4 Å². The fraction of sp³-hybridized carbons (Fsp3) is 0.846. The van der Waals surface area contributed by atoms with Crippen molar-refractivity contribution < 1.29 is 9.59 Å². The van der Waals surface area contributed by atoms with E-state index in [1.165, 1.54) is 0 Å². The summed E-state index contributed by atoms with van der Waals surface area (Å²) < 4.78 is 0. The summed E-state index contributed by atoms with van der Waals surface area (Å²) in [4.78, 5) is 23.5. The van der Waals surface area contributed by atoms with Gasteiger partial charge in [0.15, 0.2) is 0 Å². The van der Waals surface area contributed by atoms with E-state index in [-0.39, 0.29) is 17.9 Å². The van der Waals surface area contributed by atoms with Crippen LogP contribution in [0.3, 0.4) is 0 Å². The summed E-state index contributed by atoms with van der Waals surface area (Å²) in [6, 6.07) is 0.326. The van der Waals surface area contributed by atoms with E-state index >= 15 is 0 Å². The van der Waals surface area contributed by atoms with Crippen LogP contribution in [0, 0.1) is 5.41 Å². The van der Waals surface area contributed by atoms with E-state index in [0.29, 0.717) is 19.0 Å². The zero-order valence-electron chi connectivity index (χ0n) is 11.0.